The first-order valence-corrected chi connectivity index (χ1v) is 6.64. The number of hydrogen-bond donors (Lipinski definition) is 2. The monoisotopic (exact) mass is 267 g/mol. The molecule has 1 heterocycles. The Bertz CT molecular complexity index is 704. The van der Waals surface area contributed by atoms with Gasteiger partial charge < -0.3 is 10.3 Å². The van der Waals surface area contributed by atoms with Crippen molar-refractivity contribution in [2.45, 2.75) is 20.3 Å². The molecule has 0 unspecified atom stereocenters. The lowest BCUT2D eigenvalue weighted by Gasteiger charge is -2.02. The number of hydrogen-bond acceptors (Lipinski definition) is 2. The maximum atomic E-state index is 11.9. The van der Waals surface area contributed by atoms with Crippen LogP contribution in [0.25, 0.3) is 17.0 Å². The molecule has 0 saturated carbocycles. The van der Waals surface area contributed by atoms with Gasteiger partial charge in [-0.15, -0.1) is 0 Å². The smallest absolute Gasteiger partial charge is 0.261 e. The van der Waals surface area contributed by atoms with Gasteiger partial charge >= 0.3 is 0 Å². The van der Waals surface area contributed by atoms with Crippen molar-refractivity contribution in [1.82, 2.24) is 10.3 Å². The molecule has 0 saturated heterocycles. The van der Waals surface area contributed by atoms with E-state index in [1.807, 2.05) is 44.2 Å². The van der Waals surface area contributed by atoms with Crippen molar-refractivity contribution in [3.8, 4) is 6.07 Å². The van der Waals surface area contributed by atoms with Gasteiger partial charge in [0.05, 0.1) is 0 Å². The summed E-state index contributed by atoms with van der Waals surface area (Å²) in [7, 11) is 0. The van der Waals surface area contributed by atoms with Crippen LogP contribution >= 0.6 is 0 Å². The number of fused-ring (bicyclic) bond motifs is 1. The van der Waals surface area contributed by atoms with Crippen LogP contribution in [0.15, 0.2) is 29.8 Å². The number of H-pyrrole nitrogens is 1. The van der Waals surface area contributed by atoms with E-state index in [-0.39, 0.29) is 11.5 Å². The third kappa shape index (κ3) is 2.72. The fourth-order valence-corrected chi connectivity index (χ4v) is 2.11. The normalized spacial score (nSPS) is 11.3. The number of amides is 1. The molecular formula is C16H17N3O. The topological polar surface area (TPSA) is 68.7 Å². The number of aryl methyl sites for hydroxylation is 1. The molecule has 0 radical (unpaired) electrons. The van der Waals surface area contributed by atoms with Gasteiger partial charge in [-0.1, -0.05) is 25.1 Å². The van der Waals surface area contributed by atoms with Gasteiger partial charge in [-0.05, 0) is 25.5 Å². The SMILES string of the molecule is CCCNC(=O)/C(C#N)=C/c1c(C)[nH]c2ccccc12. The Kier molecular flexibility index (Phi) is 4.21. The maximum Gasteiger partial charge on any atom is 0.261 e. The van der Waals surface area contributed by atoms with Crippen molar-refractivity contribution < 1.29 is 4.79 Å². The molecule has 1 aromatic carbocycles. The number of rotatable bonds is 4. The molecular weight excluding hydrogens is 250 g/mol. The number of nitrogens with zero attached hydrogens (tertiary/aromatic N) is 1. The maximum absolute atomic E-state index is 11.9. The van der Waals surface area contributed by atoms with E-state index in [4.69, 9.17) is 5.26 Å². The van der Waals surface area contributed by atoms with Crippen molar-refractivity contribution in [2.75, 3.05) is 6.54 Å². The summed E-state index contributed by atoms with van der Waals surface area (Å²) in [5.74, 6) is -0.320. The van der Waals surface area contributed by atoms with E-state index >= 15 is 0 Å². The Labute approximate surface area is 118 Å². The van der Waals surface area contributed by atoms with Gasteiger partial charge in [0.1, 0.15) is 11.6 Å². The van der Waals surface area contributed by atoms with Gasteiger partial charge in [-0.3, -0.25) is 4.79 Å². The molecule has 0 fully saturated rings. The Morgan fingerprint density at radius 2 is 2.20 bits per heavy atom. The fraction of sp³-hybridized carbons (Fsp3) is 0.250. The van der Waals surface area contributed by atoms with Crippen LogP contribution in [0.5, 0.6) is 0 Å². The highest BCUT2D eigenvalue weighted by molar-refractivity contribution is 6.04. The predicted octanol–water partition coefficient (Wildman–Crippen LogP) is 2.91. The predicted molar refractivity (Wildman–Crippen MR) is 79.9 cm³/mol. The van der Waals surface area contributed by atoms with E-state index in [1.54, 1.807) is 6.08 Å². The number of aromatic nitrogens is 1. The first-order valence-electron chi connectivity index (χ1n) is 6.64. The van der Waals surface area contributed by atoms with Gasteiger partial charge in [-0.2, -0.15) is 5.26 Å². The molecule has 1 aromatic heterocycles. The summed E-state index contributed by atoms with van der Waals surface area (Å²) in [6.07, 6.45) is 2.50. The highest BCUT2D eigenvalue weighted by Crippen LogP contribution is 2.24. The van der Waals surface area contributed by atoms with Crippen LogP contribution in [0.4, 0.5) is 0 Å². The number of carbonyl (C=O) groups excluding carboxylic acids is 1. The minimum Gasteiger partial charge on any atom is -0.358 e. The third-order valence-corrected chi connectivity index (χ3v) is 3.13. The second-order valence-electron chi connectivity index (χ2n) is 4.63. The first kappa shape index (κ1) is 13.9. The van der Waals surface area contributed by atoms with Crippen molar-refractivity contribution in [3.05, 3.63) is 41.1 Å². The van der Waals surface area contributed by atoms with E-state index in [9.17, 15) is 4.79 Å². The standard InChI is InChI=1S/C16H17N3O/c1-3-8-18-16(20)12(10-17)9-14-11(2)19-15-7-5-4-6-13(14)15/h4-7,9,19H,3,8H2,1-2H3,(H,18,20)/b12-9+. The summed E-state index contributed by atoms with van der Waals surface area (Å²) in [6, 6.07) is 9.82. The highest BCUT2D eigenvalue weighted by Gasteiger charge is 2.11. The number of nitrogens with one attached hydrogen (secondary N) is 2. The number of benzene rings is 1. The third-order valence-electron chi connectivity index (χ3n) is 3.13. The molecule has 0 aliphatic heterocycles. The molecule has 0 bridgehead atoms. The van der Waals surface area contributed by atoms with Crippen molar-refractivity contribution in [3.63, 3.8) is 0 Å². The summed E-state index contributed by atoms with van der Waals surface area (Å²) in [4.78, 5) is 15.1. The minimum absolute atomic E-state index is 0.131. The molecule has 2 rings (SSSR count). The molecule has 0 aliphatic carbocycles. The summed E-state index contributed by atoms with van der Waals surface area (Å²) in [5.41, 5.74) is 2.97. The second-order valence-corrected chi connectivity index (χ2v) is 4.63. The lowest BCUT2D eigenvalue weighted by atomic mass is 10.1. The van der Waals surface area contributed by atoms with Crippen molar-refractivity contribution in [2.24, 2.45) is 0 Å². The van der Waals surface area contributed by atoms with Gasteiger partial charge in [-0.25, -0.2) is 0 Å². The summed E-state index contributed by atoms with van der Waals surface area (Å²) in [5, 5.41) is 12.9. The lowest BCUT2D eigenvalue weighted by molar-refractivity contribution is -0.117. The quantitative estimate of drug-likeness (QED) is 0.660. The Morgan fingerprint density at radius 3 is 2.90 bits per heavy atom. The van der Waals surface area contributed by atoms with Crippen LogP contribution in [0.2, 0.25) is 0 Å². The van der Waals surface area contributed by atoms with E-state index in [0.717, 1.165) is 28.6 Å². The Morgan fingerprint density at radius 1 is 1.45 bits per heavy atom. The molecule has 0 aliphatic rings. The number of carbonyl (C=O) groups is 1. The van der Waals surface area contributed by atoms with Crippen LogP contribution in [0.3, 0.4) is 0 Å². The molecule has 102 valence electrons. The van der Waals surface area contributed by atoms with Crippen LogP contribution in [-0.4, -0.2) is 17.4 Å². The molecule has 1 amide bonds. The zero-order chi connectivity index (χ0) is 14.5. The Balaban J connectivity index is 2.42. The first-order chi connectivity index (χ1) is 9.67. The number of aromatic amines is 1. The van der Waals surface area contributed by atoms with Crippen LogP contribution in [0, 0.1) is 18.3 Å². The van der Waals surface area contributed by atoms with Gasteiger partial charge in [0.15, 0.2) is 0 Å². The highest BCUT2D eigenvalue weighted by atomic mass is 16.1. The lowest BCUT2D eigenvalue weighted by Crippen LogP contribution is -2.25. The molecule has 0 spiro atoms. The fourth-order valence-electron chi connectivity index (χ4n) is 2.11. The molecule has 2 aromatic rings. The molecule has 4 nitrogen and oxygen atoms in total. The van der Waals surface area contributed by atoms with Gasteiger partial charge in [0.25, 0.3) is 5.91 Å². The average Bonchev–Trinajstić information content (AvgIpc) is 2.77. The zero-order valence-corrected chi connectivity index (χ0v) is 11.7. The van der Waals surface area contributed by atoms with Crippen LogP contribution in [-0.2, 0) is 4.79 Å². The largest absolute Gasteiger partial charge is 0.358 e. The number of nitriles is 1. The van der Waals surface area contributed by atoms with Crippen molar-refractivity contribution >= 4 is 22.9 Å². The molecule has 4 heteroatoms. The van der Waals surface area contributed by atoms with Crippen LogP contribution in [0.1, 0.15) is 24.6 Å². The average molecular weight is 267 g/mol. The van der Waals surface area contributed by atoms with E-state index < -0.39 is 0 Å². The van der Waals surface area contributed by atoms with Crippen molar-refractivity contribution in [1.29, 1.82) is 5.26 Å². The molecule has 20 heavy (non-hydrogen) atoms. The molecule has 0 atom stereocenters. The summed E-state index contributed by atoms with van der Waals surface area (Å²) >= 11 is 0. The summed E-state index contributed by atoms with van der Waals surface area (Å²) < 4.78 is 0. The number of para-hydroxylation sites is 1. The van der Waals surface area contributed by atoms with E-state index in [1.165, 1.54) is 0 Å². The Hall–Kier alpha value is -2.54. The molecule has 2 N–H and O–H groups in total. The minimum atomic E-state index is -0.320. The second kappa shape index (κ2) is 6.07. The van der Waals surface area contributed by atoms with Gasteiger partial charge in [0.2, 0.25) is 0 Å². The van der Waals surface area contributed by atoms with E-state index in [2.05, 4.69) is 10.3 Å². The zero-order valence-electron chi connectivity index (χ0n) is 11.7. The van der Waals surface area contributed by atoms with E-state index in [0.29, 0.717) is 6.54 Å². The van der Waals surface area contributed by atoms with Crippen LogP contribution < -0.4 is 5.32 Å². The summed E-state index contributed by atoms with van der Waals surface area (Å²) in [6.45, 7) is 4.48. The van der Waals surface area contributed by atoms with Gasteiger partial charge in [0, 0.05) is 28.7 Å².